The molecular formula is C54H98O6. The van der Waals surface area contributed by atoms with Crippen molar-refractivity contribution in [3.05, 3.63) is 36.5 Å². The lowest BCUT2D eigenvalue weighted by Crippen LogP contribution is -2.30. The molecule has 0 bridgehead atoms. The van der Waals surface area contributed by atoms with Gasteiger partial charge in [0.1, 0.15) is 13.2 Å². The van der Waals surface area contributed by atoms with Crippen LogP contribution in [0.2, 0.25) is 0 Å². The average Bonchev–Trinajstić information content (AvgIpc) is 3.24. The fourth-order valence-electron chi connectivity index (χ4n) is 7.45. The maximum Gasteiger partial charge on any atom is 0.306 e. The van der Waals surface area contributed by atoms with Gasteiger partial charge in [0, 0.05) is 19.3 Å². The number of esters is 3. The highest BCUT2D eigenvalue weighted by Crippen LogP contribution is 2.15. The molecule has 350 valence electrons. The first-order valence-corrected chi connectivity index (χ1v) is 26.0. The Bertz CT molecular complexity index is 1020. The zero-order chi connectivity index (χ0) is 43.7. The smallest absolute Gasteiger partial charge is 0.306 e. The number of unbranched alkanes of at least 4 members (excludes halogenated alkanes) is 30. The molecule has 1 unspecified atom stereocenters. The van der Waals surface area contributed by atoms with E-state index in [1.165, 1.54) is 161 Å². The first-order valence-electron chi connectivity index (χ1n) is 26.0. The van der Waals surface area contributed by atoms with Crippen LogP contribution < -0.4 is 0 Å². The lowest BCUT2D eigenvalue weighted by molar-refractivity contribution is -0.167. The summed E-state index contributed by atoms with van der Waals surface area (Å²) in [5, 5.41) is 0. The summed E-state index contributed by atoms with van der Waals surface area (Å²) in [4.78, 5) is 37.6. The molecule has 0 spiro atoms. The SMILES string of the molecule is CCCCCCC/C=C\C/C=C\C/C=C\CCCCCCCCCCCCCCC(=O)OCC(COC(=O)CCCCCCCC)OC(=O)CCCCCCCCCCC. The Morgan fingerprint density at radius 2 is 0.600 bits per heavy atom. The van der Waals surface area contributed by atoms with Gasteiger partial charge in [-0.1, -0.05) is 231 Å². The van der Waals surface area contributed by atoms with Gasteiger partial charge in [-0.2, -0.15) is 0 Å². The highest BCUT2D eigenvalue weighted by Gasteiger charge is 2.19. The molecule has 6 heteroatoms. The fraction of sp³-hybridized carbons (Fsp3) is 0.833. The van der Waals surface area contributed by atoms with Crippen LogP contribution in [0.15, 0.2) is 36.5 Å². The molecule has 0 rings (SSSR count). The maximum absolute atomic E-state index is 12.6. The molecule has 0 aromatic rings. The molecule has 6 nitrogen and oxygen atoms in total. The summed E-state index contributed by atoms with van der Waals surface area (Å²) in [6.07, 6.45) is 57.5. The molecule has 0 saturated carbocycles. The molecular weight excluding hydrogens is 745 g/mol. The molecule has 0 radical (unpaired) electrons. The third-order valence-electron chi connectivity index (χ3n) is 11.4. The van der Waals surface area contributed by atoms with E-state index < -0.39 is 6.10 Å². The normalized spacial score (nSPS) is 12.2. The van der Waals surface area contributed by atoms with E-state index >= 15 is 0 Å². The summed E-state index contributed by atoms with van der Waals surface area (Å²) in [5.74, 6) is -0.877. The van der Waals surface area contributed by atoms with Crippen LogP contribution in [0.3, 0.4) is 0 Å². The van der Waals surface area contributed by atoms with Crippen LogP contribution in [0.4, 0.5) is 0 Å². The van der Waals surface area contributed by atoms with Crippen molar-refractivity contribution in [2.75, 3.05) is 13.2 Å². The number of ether oxygens (including phenoxy) is 3. The van der Waals surface area contributed by atoms with Crippen LogP contribution in [0, 0.1) is 0 Å². The first kappa shape index (κ1) is 57.6. The van der Waals surface area contributed by atoms with Gasteiger partial charge in [-0.25, -0.2) is 0 Å². The van der Waals surface area contributed by atoms with Crippen molar-refractivity contribution in [1.29, 1.82) is 0 Å². The minimum absolute atomic E-state index is 0.0701. The summed E-state index contributed by atoms with van der Waals surface area (Å²) >= 11 is 0. The van der Waals surface area contributed by atoms with Gasteiger partial charge in [0.05, 0.1) is 0 Å². The van der Waals surface area contributed by atoms with E-state index in [0.717, 1.165) is 70.6 Å². The zero-order valence-electron chi connectivity index (χ0n) is 40.0. The third-order valence-corrected chi connectivity index (χ3v) is 11.4. The molecule has 0 aromatic carbocycles. The molecule has 0 aliphatic carbocycles. The van der Waals surface area contributed by atoms with E-state index in [1.54, 1.807) is 0 Å². The van der Waals surface area contributed by atoms with Crippen molar-refractivity contribution in [3.63, 3.8) is 0 Å². The van der Waals surface area contributed by atoms with Crippen molar-refractivity contribution < 1.29 is 28.6 Å². The van der Waals surface area contributed by atoms with E-state index in [2.05, 4.69) is 57.2 Å². The van der Waals surface area contributed by atoms with Crippen molar-refractivity contribution in [2.24, 2.45) is 0 Å². The number of carbonyl (C=O) groups is 3. The Morgan fingerprint density at radius 3 is 0.933 bits per heavy atom. The second-order valence-corrected chi connectivity index (χ2v) is 17.4. The Kier molecular flexibility index (Phi) is 47.3. The van der Waals surface area contributed by atoms with Crippen LogP contribution in [0.1, 0.15) is 271 Å². The highest BCUT2D eigenvalue weighted by molar-refractivity contribution is 5.71. The van der Waals surface area contributed by atoms with Crippen LogP contribution in [0.5, 0.6) is 0 Å². The van der Waals surface area contributed by atoms with Gasteiger partial charge in [0.2, 0.25) is 0 Å². The predicted molar refractivity (Wildman–Crippen MR) is 256 cm³/mol. The van der Waals surface area contributed by atoms with E-state index in [9.17, 15) is 14.4 Å². The van der Waals surface area contributed by atoms with Crippen LogP contribution >= 0.6 is 0 Å². The van der Waals surface area contributed by atoms with E-state index in [1.807, 2.05) is 0 Å². The summed E-state index contributed by atoms with van der Waals surface area (Å²) < 4.78 is 16.6. The van der Waals surface area contributed by atoms with Gasteiger partial charge in [-0.3, -0.25) is 14.4 Å². The quantitative estimate of drug-likeness (QED) is 0.0263. The summed E-state index contributed by atoms with van der Waals surface area (Å²) in [6.45, 7) is 6.56. The van der Waals surface area contributed by atoms with Crippen LogP contribution in [-0.2, 0) is 28.6 Å². The topological polar surface area (TPSA) is 78.9 Å². The van der Waals surface area contributed by atoms with Crippen LogP contribution in [0.25, 0.3) is 0 Å². The number of allylic oxidation sites excluding steroid dienone is 6. The van der Waals surface area contributed by atoms with E-state index in [0.29, 0.717) is 19.3 Å². The molecule has 0 aliphatic heterocycles. The average molecular weight is 843 g/mol. The second kappa shape index (κ2) is 49.3. The van der Waals surface area contributed by atoms with E-state index in [-0.39, 0.29) is 31.1 Å². The lowest BCUT2D eigenvalue weighted by Gasteiger charge is -2.18. The molecule has 0 amide bonds. The second-order valence-electron chi connectivity index (χ2n) is 17.4. The molecule has 0 heterocycles. The van der Waals surface area contributed by atoms with Crippen molar-refractivity contribution in [2.45, 2.75) is 277 Å². The van der Waals surface area contributed by atoms with Gasteiger partial charge in [0.15, 0.2) is 6.10 Å². The molecule has 60 heavy (non-hydrogen) atoms. The minimum atomic E-state index is -0.763. The Labute approximate surface area is 372 Å². The molecule has 0 saturated heterocycles. The number of hydrogen-bond donors (Lipinski definition) is 0. The van der Waals surface area contributed by atoms with Gasteiger partial charge in [-0.05, 0) is 57.8 Å². The van der Waals surface area contributed by atoms with Gasteiger partial charge >= 0.3 is 17.9 Å². The number of rotatable bonds is 47. The maximum atomic E-state index is 12.6. The standard InChI is InChI=1S/C54H98O6/c1-4-7-10-13-16-18-19-20-21-22-23-24-25-26-27-28-29-30-31-32-33-34-35-37-38-41-44-47-53(56)59-50-51(49-58-52(55)46-43-40-15-12-9-6-3)60-54(57)48-45-42-39-36-17-14-11-8-5-2/h19-20,22-23,25-26,51H,4-18,21,24,27-50H2,1-3H3/b20-19-,23-22-,26-25-. The fourth-order valence-corrected chi connectivity index (χ4v) is 7.45. The Morgan fingerprint density at radius 1 is 0.333 bits per heavy atom. The molecule has 0 aromatic heterocycles. The van der Waals surface area contributed by atoms with E-state index in [4.69, 9.17) is 14.2 Å². The first-order chi connectivity index (χ1) is 29.5. The highest BCUT2D eigenvalue weighted by atomic mass is 16.6. The molecule has 0 aliphatic rings. The van der Waals surface area contributed by atoms with Crippen LogP contribution in [-0.4, -0.2) is 37.2 Å². The lowest BCUT2D eigenvalue weighted by atomic mass is 10.0. The molecule has 0 N–H and O–H groups in total. The number of hydrogen-bond acceptors (Lipinski definition) is 6. The summed E-state index contributed by atoms with van der Waals surface area (Å²) in [7, 11) is 0. The van der Waals surface area contributed by atoms with Crippen molar-refractivity contribution in [3.8, 4) is 0 Å². The Balaban J connectivity index is 4.00. The molecule has 0 fully saturated rings. The zero-order valence-corrected chi connectivity index (χ0v) is 40.0. The Hall–Kier alpha value is -2.37. The summed E-state index contributed by atoms with van der Waals surface area (Å²) in [6, 6.07) is 0. The van der Waals surface area contributed by atoms with Gasteiger partial charge < -0.3 is 14.2 Å². The predicted octanol–water partition coefficient (Wildman–Crippen LogP) is 16.9. The minimum Gasteiger partial charge on any atom is -0.462 e. The third kappa shape index (κ3) is 46.7. The van der Waals surface area contributed by atoms with Gasteiger partial charge in [0.25, 0.3) is 0 Å². The largest absolute Gasteiger partial charge is 0.462 e. The monoisotopic (exact) mass is 843 g/mol. The van der Waals surface area contributed by atoms with Gasteiger partial charge in [-0.15, -0.1) is 0 Å². The molecule has 1 atom stereocenters. The van der Waals surface area contributed by atoms with Crippen molar-refractivity contribution in [1.82, 2.24) is 0 Å². The number of carbonyl (C=O) groups excluding carboxylic acids is 3. The summed E-state index contributed by atoms with van der Waals surface area (Å²) in [5.41, 5.74) is 0. The van der Waals surface area contributed by atoms with Crippen molar-refractivity contribution >= 4 is 17.9 Å².